The first-order chi connectivity index (χ1) is 15.5. The fourth-order valence-electron chi connectivity index (χ4n) is 3.84. The first-order valence-electron chi connectivity index (χ1n) is 10.6. The van der Waals surface area contributed by atoms with Gasteiger partial charge in [0.2, 0.25) is 0 Å². The van der Waals surface area contributed by atoms with Gasteiger partial charge in [0.15, 0.2) is 0 Å². The lowest BCUT2D eigenvalue weighted by molar-refractivity contribution is 0.0594. The lowest BCUT2D eigenvalue weighted by Crippen LogP contribution is -2.45. The predicted molar refractivity (Wildman–Crippen MR) is 127 cm³/mol. The summed E-state index contributed by atoms with van der Waals surface area (Å²) in [5, 5.41) is 15.1. The number of β-amino-alcohol motifs (C(OH)–C–C–N with tert-alkyl or cyclic N) is 1. The number of nitrogens with one attached hydrogen (secondary N) is 1. The third-order valence-electron chi connectivity index (χ3n) is 5.56. The molecule has 0 aliphatic carbocycles. The van der Waals surface area contributed by atoms with E-state index in [1.807, 2.05) is 30.3 Å². The van der Waals surface area contributed by atoms with Crippen LogP contribution in [-0.4, -0.2) is 59.3 Å². The van der Waals surface area contributed by atoms with Crippen molar-refractivity contribution in [3.8, 4) is 5.75 Å². The highest BCUT2D eigenvalue weighted by atomic mass is 35.5. The van der Waals surface area contributed by atoms with Crippen molar-refractivity contribution in [2.24, 2.45) is 0 Å². The van der Waals surface area contributed by atoms with Gasteiger partial charge >= 0.3 is 0 Å². The van der Waals surface area contributed by atoms with Crippen LogP contribution < -0.4 is 10.1 Å². The molecule has 1 unspecified atom stereocenters. The van der Waals surface area contributed by atoms with Crippen LogP contribution >= 0.6 is 23.2 Å². The van der Waals surface area contributed by atoms with Crippen molar-refractivity contribution in [1.29, 1.82) is 0 Å². The van der Waals surface area contributed by atoms with Crippen molar-refractivity contribution in [3.63, 3.8) is 0 Å². The number of ether oxygens (including phenoxy) is 1. The summed E-state index contributed by atoms with van der Waals surface area (Å²) in [6.45, 7) is 2.33. The number of piperidine rings is 1. The minimum absolute atomic E-state index is 0.0998. The number of halogens is 2. The Hall–Kier alpha value is -2.38. The standard InChI is InChI=1S/C24H25Cl2N3O3/c25-21-5-4-20(13-22(21)26)32-19-7-10-29(11-8-19)15-18(30)14-28-24(31)17-3-6-23-16(12-17)2-1-9-27-23/h1-6,9,12-13,18-19,30H,7-8,10-11,14-15H2,(H,28,31). The summed E-state index contributed by atoms with van der Waals surface area (Å²) in [4.78, 5) is 18.9. The summed E-state index contributed by atoms with van der Waals surface area (Å²) in [5.41, 5.74) is 1.40. The van der Waals surface area contributed by atoms with Crippen molar-refractivity contribution >= 4 is 40.0 Å². The van der Waals surface area contributed by atoms with Crippen molar-refractivity contribution in [2.75, 3.05) is 26.2 Å². The Labute approximate surface area is 197 Å². The Bertz CT molecular complexity index is 1090. The molecule has 0 radical (unpaired) electrons. The second-order valence-electron chi connectivity index (χ2n) is 7.97. The van der Waals surface area contributed by atoms with Crippen molar-refractivity contribution in [3.05, 3.63) is 70.3 Å². The molecule has 2 N–H and O–H groups in total. The Balaban J connectivity index is 1.20. The Morgan fingerprint density at radius 1 is 1.16 bits per heavy atom. The number of pyridine rings is 1. The molecule has 4 rings (SSSR count). The van der Waals surface area contributed by atoms with Crippen LogP contribution in [0.15, 0.2) is 54.7 Å². The molecule has 3 aromatic rings. The van der Waals surface area contributed by atoms with Gasteiger partial charge in [-0.25, -0.2) is 0 Å². The van der Waals surface area contributed by atoms with Gasteiger partial charge in [0.1, 0.15) is 11.9 Å². The van der Waals surface area contributed by atoms with Crippen LogP contribution in [-0.2, 0) is 0 Å². The SMILES string of the molecule is O=C(NCC(O)CN1CCC(Oc2ccc(Cl)c(Cl)c2)CC1)c1ccc2ncccc2c1. The molecule has 1 fully saturated rings. The second kappa shape index (κ2) is 10.5. The lowest BCUT2D eigenvalue weighted by atomic mass is 10.1. The lowest BCUT2D eigenvalue weighted by Gasteiger charge is -2.33. The van der Waals surface area contributed by atoms with Crippen molar-refractivity contribution in [2.45, 2.75) is 25.0 Å². The van der Waals surface area contributed by atoms with Crippen LogP contribution in [0.5, 0.6) is 5.75 Å². The summed E-state index contributed by atoms with van der Waals surface area (Å²) >= 11 is 12.0. The Morgan fingerprint density at radius 3 is 2.75 bits per heavy atom. The van der Waals surface area contributed by atoms with E-state index in [-0.39, 0.29) is 18.6 Å². The summed E-state index contributed by atoms with van der Waals surface area (Å²) < 4.78 is 6.01. The highest BCUT2D eigenvalue weighted by Crippen LogP contribution is 2.28. The van der Waals surface area contributed by atoms with E-state index in [9.17, 15) is 9.90 Å². The number of aliphatic hydroxyl groups is 1. The smallest absolute Gasteiger partial charge is 0.251 e. The van der Waals surface area contributed by atoms with E-state index in [1.54, 1.807) is 24.4 Å². The molecule has 1 aliphatic rings. The number of rotatable bonds is 7. The number of amides is 1. The van der Waals surface area contributed by atoms with Crippen molar-refractivity contribution < 1.29 is 14.6 Å². The van der Waals surface area contributed by atoms with Crippen LogP contribution in [0.25, 0.3) is 10.9 Å². The van der Waals surface area contributed by atoms with E-state index >= 15 is 0 Å². The van der Waals surface area contributed by atoms with Gasteiger partial charge in [0, 0.05) is 49.4 Å². The average Bonchev–Trinajstić information content (AvgIpc) is 2.81. The monoisotopic (exact) mass is 473 g/mol. The molecule has 0 spiro atoms. The van der Waals surface area contributed by atoms with Crippen LogP contribution in [0.3, 0.4) is 0 Å². The fourth-order valence-corrected chi connectivity index (χ4v) is 4.13. The quantitative estimate of drug-likeness (QED) is 0.538. The van der Waals surface area contributed by atoms with Gasteiger partial charge in [0.25, 0.3) is 5.91 Å². The van der Waals surface area contributed by atoms with E-state index < -0.39 is 6.10 Å². The molecule has 2 aromatic carbocycles. The Morgan fingerprint density at radius 2 is 1.97 bits per heavy atom. The van der Waals surface area contributed by atoms with Crippen LogP contribution in [0.2, 0.25) is 10.0 Å². The highest BCUT2D eigenvalue weighted by molar-refractivity contribution is 6.42. The number of hydrogen-bond donors (Lipinski definition) is 2. The number of carbonyl (C=O) groups is 1. The van der Waals surface area contributed by atoms with E-state index in [2.05, 4.69) is 15.2 Å². The van der Waals surface area contributed by atoms with E-state index in [1.165, 1.54) is 0 Å². The van der Waals surface area contributed by atoms with Gasteiger partial charge in [0.05, 0.1) is 21.7 Å². The van der Waals surface area contributed by atoms with Crippen LogP contribution in [0.4, 0.5) is 0 Å². The fraction of sp³-hybridized carbons (Fsp3) is 0.333. The zero-order valence-electron chi connectivity index (χ0n) is 17.5. The number of aliphatic hydroxyl groups excluding tert-OH is 1. The first kappa shape index (κ1) is 22.8. The van der Waals surface area contributed by atoms with Gasteiger partial charge in [-0.15, -0.1) is 0 Å². The predicted octanol–water partition coefficient (Wildman–Crippen LogP) is 4.18. The molecule has 1 aromatic heterocycles. The molecule has 2 heterocycles. The highest BCUT2D eigenvalue weighted by Gasteiger charge is 2.22. The maximum atomic E-state index is 12.5. The van der Waals surface area contributed by atoms with Crippen LogP contribution in [0, 0.1) is 0 Å². The zero-order chi connectivity index (χ0) is 22.5. The third kappa shape index (κ3) is 5.90. The summed E-state index contributed by atoms with van der Waals surface area (Å²) in [6.07, 6.45) is 2.88. The topological polar surface area (TPSA) is 74.7 Å². The minimum Gasteiger partial charge on any atom is -0.490 e. The molecule has 1 saturated heterocycles. The third-order valence-corrected chi connectivity index (χ3v) is 6.30. The number of nitrogens with zero attached hydrogens (tertiary/aromatic N) is 2. The molecule has 1 atom stereocenters. The van der Waals surface area contributed by atoms with Gasteiger partial charge < -0.3 is 20.1 Å². The van der Waals surface area contributed by atoms with Gasteiger partial charge in [-0.05, 0) is 49.2 Å². The van der Waals surface area contributed by atoms with Gasteiger partial charge in [-0.1, -0.05) is 29.3 Å². The summed E-state index contributed by atoms with van der Waals surface area (Å²) in [5.74, 6) is 0.508. The number of carbonyl (C=O) groups excluding carboxylic acids is 1. The summed E-state index contributed by atoms with van der Waals surface area (Å²) in [7, 11) is 0. The van der Waals surface area contributed by atoms with Gasteiger partial charge in [-0.3, -0.25) is 9.78 Å². The maximum absolute atomic E-state index is 12.5. The number of likely N-dealkylation sites (tertiary alicyclic amines) is 1. The first-order valence-corrected chi connectivity index (χ1v) is 11.4. The maximum Gasteiger partial charge on any atom is 0.251 e. The molecule has 1 aliphatic heterocycles. The van der Waals surface area contributed by atoms with E-state index in [0.717, 1.165) is 36.8 Å². The average molecular weight is 474 g/mol. The van der Waals surface area contributed by atoms with Crippen molar-refractivity contribution in [1.82, 2.24) is 15.2 Å². The molecular formula is C24H25Cl2N3O3. The molecular weight excluding hydrogens is 449 g/mol. The zero-order valence-corrected chi connectivity index (χ0v) is 19.0. The largest absolute Gasteiger partial charge is 0.490 e. The number of hydrogen-bond acceptors (Lipinski definition) is 5. The van der Waals surface area contributed by atoms with E-state index in [0.29, 0.717) is 27.9 Å². The Kier molecular flexibility index (Phi) is 7.48. The molecule has 32 heavy (non-hydrogen) atoms. The molecule has 168 valence electrons. The normalized spacial score (nSPS) is 16.1. The summed E-state index contributed by atoms with van der Waals surface area (Å²) in [6, 6.07) is 14.4. The minimum atomic E-state index is -0.645. The number of aromatic nitrogens is 1. The molecule has 1 amide bonds. The number of fused-ring (bicyclic) bond motifs is 1. The van der Waals surface area contributed by atoms with Crippen LogP contribution in [0.1, 0.15) is 23.2 Å². The second-order valence-corrected chi connectivity index (χ2v) is 8.78. The molecule has 8 heteroatoms. The van der Waals surface area contributed by atoms with Gasteiger partial charge in [-0.2, -0.15) is 0 Å². The molecule has 0 bridgehead atoms. The molecule has 0 saturated carbocycles. The number of benzene rings is 2. The molecule has 6 nitrogen and oxygen atoms in total. The van der Waals surface area contributed by atoms with E-state index in [4.69, 9.17) is 27.9 Å².